The highest BCUT2D eigenvalue weighted by atomic mass is 32.1. The first-order valence-electron chi connectivity index (χ1n) is 6.12. The molecule has 1 aromatic carbocycles. The number of rotatable bonds is 3. The highest BCUT2D eigenvalue weighted by molar-refractivity contribution is 7.08. The lowest BCUT2D eigenvalue weighted by Crippen LogP contribution is -2.23. The summed E-state index contributed by atoms with van der Waals surface area (Å²) in [5, 5.41) is 6.45. The van der Waals surface area contributed by atoms with Crippen LogP contribution in [0.1, 0.15) is 10.4 Å². The molecule has 1 fully saturated rings. The van der Waals surface area contributed by atoms with Crippen LogP contribution in [0, 0.1) is 0 Å². The zero-order valence-electron chi connectivity index (χ0n) is 10.5. The molecule has 2 amide bonds. The molecule has 3 rings (SSSR count). The molecule has 0 bridgehead atoms. The second-order valence-electron chi connectivity index (χ2n) is 4.28. The summed E-state index contributed by atoms with van der Waals surface area (Å²) in [6.45, 7) is 0.922. The molecule has 5 nitrogen and oxygen atoms in total. The van der Waals surface area contributed by atoms with E-state index in [2.05, 4.69) is 5.32 Å². The Labute approximate surface area is 119 Å². The van der Waals surface area contributed by atoms with Crippen molar-refractivity contribution in [3.05, 3.63) is 46.7 Å². The second-order valence-corrected chi connectivity index (χ2v) is 5.06. The Kier molecular flexibility index (Phi) is 3.39. The molecular formula is C14H12N2O3S. The number of amides is 2. The molecule has 1 saturated heterocycles. The minimum Gasteiger partial charge on any atom is -0.447 e. The van der Waals surface area contributed by atoms with Crippen LogP contribution in [0.5, 0.6) is 0 Å². The van der Waals surface area contributed by atoms with Crippen molar-refractivity contribution in [3.8, 4) is 0 Å². The first-order chi connectivity index (χ1) is 9.74. The van der Waals surface area contributed by atoms with Gasteiger partial charge < -0.3 is 10.1 Å². The zero-order chi connectivity index (χ0) is 13.9. The van der Waals surface area contributed by atoms with Gasteiger partial charge in [0.25, 0.3) is 5.91 Å². The van der Waals surface area contributed by atoms with E-state index in [1.807, 2.05) is 11.4 Å². The van der Waals surface area contributed by atoms with Crippen molar-refractivity contribution in [2.24, 2.45) is 0 Å². The van der Waals surface area contributed by atoms with E-state index < -0.39 is 0 Å². The second kappa shape index (κ2) is 5.34. The lowest BCUT2D eigenvalue weighted by atomic mass is 10.2. The highest BCUT2D eigenvalue weighted by Gasteiger charge is 2.23. The van der Waals surface area contributed by atoms with Crippen molar-refractivity contribution in [1.29, 1.82) is 0 Å². The van der Waals surface area contributed by atoms with Crippen molar-refractivity contribution in [3.63, 3.8) is 0 Å². The van der Waals surface area contributed by atoms with Gasteiger partial charge in [0.15, 0.2) is 0 Å². The van der Waals surface area contributed by atoms with Crippen molar-refractivity contribution in [1.82, 2.24) is 0 Å². The number of hydrogen-bond acceptors (Lipinski definition) is 4. The fourth-order valence-electron chi connectivity index (χ4n) is 1.98. The molecule has 0 aliphatic carbocycles. The summed E-state index contributed by atoms with van der Waals surface area (Å²) in [5.74, 6) is -0.160. The molecule has 6 heteroatoms. The van der Waals surface area contributed by atoms with Crippen LogP contribution in [0.2, 0.25) is 0 Å². The van der Waals surface area contributed by atoms with Gasteiger partial charge in [-0.1, -0.05) is 6.07 Å². The fourth-order valence-corrected chi connectivity index (χ4v) is 2.61. The molecule has 0 unspecified atom stereocenters. The van der Waals surface area contributed by atoms with E-state index in [0.29, 0.717) is 24.4 Å². The molecule has 0 spiro atoms. The van der Waals surface area contributed by atoms with Crippen LogP contribution < -0.4 is 10.2 Å². The van der Waals surface area contributed by atoms with Crippen LogP contribution in [-0.2, 0) is 4.74 Å². The van der Waals surface area contributed by atoms with Crippen molar-refractivity contribution < 1.29 is 14.3 Å². The first kappa shape index (κ1) is 12.7. The maximum atomic E-state index is 12.0. The van der Waals surface area contributed by atoms with Gasteiger partial charge in [-0.25, -0.2) is 4.79 Å². The molecule has 20 heavy (non-hydrogen) atoms. The molecule has 2 heterocycles. The first-order valence-corrected chi connectivity index (χ1v) is 7.06. The Hall–Kier alpha value is -2.34. The van der Waals surface area contributed by atoms with E-state index in [9.17, 15) is 9.59 Å². The fraction of sp³-hybridized carbons (Fsp3) is 0.143. The number of carbonyl (C=O) groups excluding carboxylic acids is 2. The molecular weight excluding hydrogens is 276 g/mol. The number of hydrogen-bond donors (Lipinski definition) is 1. The smallest absolute Gasteiger partial charge is 0.414 e. The summed E-state index contributed by atoms with van der Waals surface area (Å²) in [7, 11) is 0. The normalized spacial score (nSPS) is 14.2. The topological polar surface area (TPSA) is 58.6 Å². The van der Waals surface area contributed by atoms with Gasteiger partial charge in [-0.3, -0.25) is 9.69 Å². The van der Waals surface area contributed by atoms with E-state index in [-0.39, 0.29) is 12.0 Å². The Morgan fingerprint density at radius 1 is 1.35 bits per heavy atom. The number of carbonyl (C=O) groups is 2. The van der Waals surface area contributed by atoms with Gasteiger partial charge in [-0.2, -0.15) is 11.3 Å². The minimum absolute atomic E-state index is 0.160. The summed E-state index contributed by atoms with van der Waals surface area (Å²) in [6.07, 6.45) is -0.355. The Morgan fingerprint density at radius 3 is 2.95 bits per heavy atom. The van der Waals surface area contributed by atoms with E-state index in [0.717, 1.165) is 5.69 Å². The van der Waals surface area contributed by atoms with Gasteiger partial charge in [-0.05, 0) is 29.6 Å². The van der Waals surface area contributed by atoms with Crippen LogP contribution >= 0.6 is 11.3 Å². The molecule has 1 N–H and O–H groups in total. The Bertz CT molecular complexity index is 640. The SMILES string of the molecule is O=C(Nc1cccc(N2CCOC2=O)c1)c1ccsc1. The highest BCUT2D eigenvalue weighted by Crippen LogP contribution is 2.23. The van der Waals surface area contributed by atoms with Gasteiger partial charge in [0.1, 0.15) is 6.61 Å². The Morgan fingerprint density at radius 2 is 2.25 bits per heavy atom. The quantitative estimate of drug-likeness (QED) is 0.944. The van der Waals surface area contributed by atoms with Crippen LogP contribution in [0.25, 0.3) is 0 Å². The van der Waals surface area contributed by atoms with E-state index in [4.69, 9.17) is 4.74 Å². The number of benzene rings is 1. The predicted molar refractivity (Wildman–Crippen MR) is 77.4 cm³/mol. The summed E-state index contributed by atoms with van der Waals surface area (Å²) >= 11 is 1.47. The van der Waals surface area contributed by atoms with E-state index in [1.54, 1.807) is 34.5 Å². The number of ether oxygens (including phenoxy) is 1. The van der Waals surface area contributed by atoms with Gasteiger partial charge in [0.05, 0.1) is 12.1 Å². The van der Waals surface area contributed by atoms with E-state index in [1.165, 1.54) is 11.3 Å². The average molecular weight is 288 g/mol. The van der Waals surface area contributed by atoms with Crippen LogP contribution in [0.3, 0.4) is 0 Å². The van der Waals surface area contributed by atoms with Gasteiger partial charge in [-0.15, -0.1) is 0 Å². The van der Waals surface area contributed by atoms with Crippen LogP contribution in [-0.4, -0.2) is 25.2 Å². The molecule has 0 atom stereocenters. The average Bonchev–Trinajstić information content (AvgIpc) is 3.10. The van der Waals surface area contributed by atoms with Gasteiger partial charge in [0.2, 0.25) is 0 Å². The monoisotopic (exact) mass is 288 g/mol. The summed E-state index contributed by atoms with van der Waals surface area (Å²) < 4.78 is 4.90. The molecule has 0 saturated carbocycles. The summed E-state index contributed by atoms with van der Waals surface area (Å²) in [6, 6.07) is 8.92. The van der Waals surface area contributed by atoms with Crippen molar-refractivity contribution in [2.45, 2.75) is 0 Å². The van der Waals surface area contributed by atoms with Gasteiger partial charge >= 0.3 is 6.09 Å². The third-order valence-corrected chi connectivity index (χ3v) is 3.64. The molecule has 2 aromatic rings. The number of nitrogens with one attached hydrogen (secondary N) is 1. The van der Waals surface area contributed by atoms with Crippen molar-refractivity contribution in [2.75, 3.05) is 23.4 Å². The van der Waals surface area contributed by atoms with Gasteiger partial charge in [0, 0.05) is 16.8 Å². The maximum Gasteiger partial charge on any atom is 0.414 e. The Balaban J connectivity index is 1.78. The number of nitrogens with zero attached hydrogens (tertiary/aromatic N) is 1. The summed E-state index contributed by atoms with van der Waals surface area (Å²) in [4.78, 5) is 25.0. The van der Waals surface area contributed by atoms with Crippen LogP contribution in [0.15, 0.2) is 41.1 Å². The third-order valence-electron chi connectivity index (χ3n) is 2.96. The van der Waals surface area contributed by atoms with Crippen molar-refractivity contribution >= 4 is 34.7 Å². The third kappa shape index (κ3) is 2.50. The maximum absolute atomic E-state index is 12.0. The lowest BCUT2D eigenvalue weighted by molar-refractivity contribution is 0.102. The summed E-state index contributed by atoms with van der Waals surface area (Å²) in [5.41, 5.74) is 2.00. The molecule has 102 valence electrons. The van der Waals surface area contributed by atoms with E-state index >= 15 is 0 Å². The number of thiophene rings is 1. The molecule has 1 aliphatic rings. The number of anilines is 2. The minimum atomic E-state index is -0.355. The molecule has 1 aliphatic heterocycles. The standard InChI is InChI=1S/C14H12N2O3S/c17-13(10-4-7-20-9-10)15-11-2-1-3-12(8-11)16-5-6-19-14(16)18/h1-4,7-9H,5-6H2,(H,15,17). The zero-order valence-corrected chi connectivity index (χ0v) is 11.4. The largest absolute Gasteiger partial charge is 0.447 e. The number of cyclic esters (lactones) is 1. The predicted octanol–water partition coefficient (Wildman–Crippen LogP) is 2.96. The molecule has 1 aromatic heterocycles. The molecule has 0 radical (unpaired) electrons. The lowest BCUT2D eigenvalue weighted by Gasteiger charge is -2.14. The van der Waals surface area contributed by atoms with Crippen LogP contribution in [0.4, 0.5) is 16.2 Å².